The van der Waals surface area contributed by atoms with Gasteiger partial charge in [-0.1, -0.05) is 103 Å². The predicted octanol–water partition coefficient (Wildman–Crippen LogP) is 10.7. The van der Waals surface area contributed by atoms with Crippen LogP contribution in [0.3, 0.4) is 0 Å². The maximum atomic E-state index is 6.78. The number of furan rings is 1. The van der Waals surface area contributed by atoms with E-state index in [2.05, 4.69) is 127 Å². The van der Waals surface area contributed by atoms with E-state index in [-0.39, 0.29) is 5.92 Å². The molecule has 2 heteroatoms. The molecular formula is C40H30O2. The molecule has 8 rings (SSSR count). The minimum absolute atomic E-state index is 0.281. The first-order chi connectivity index (χ1) is 20.8. The van der Waals surface area contributed by atoms with Gasteiger partial charge in [0.15, 0.2) is 0 Å². The molecule has 2 aliphatic rings. The summed E-state index contributed by atoms with van der Waals surface area (Å²) in [5, 5.41) is 2.21. The van der Waals surface area contributed by atoms with Crippen molar-refractivity contribution in [1.82, 2.24) is 0 Å². The molecule has 1 aliphatic heterocycles. The van der Waals surface area contributed by atoms with Crippen molar-refractivity contribution in [3.05, 3.63) is 162 Å². The highest BCUT2D eigenvalue weighted by Crippen LogP contribution is 2.40. The number of para-hydroxylation sites is 1. The van der Waals surface area contributed by atoms with Gasteiger partial charge in [-0.15, -0.1) is 0 Å². The Kier molecular flexibility index (Phi) is 6.11. The molecule has 0 radical (unpaired) electrons. The van der Waals surface area contributed by atoms with Crippen LogP contribution in [0.1, 0.15) is 41.0 Å². The Morgan fingerprint density at radius 2 is 1.38 bits per heavy atom. The van der Waals surface area contributed by atoms with Crippen molar-refractivity contribution < 1.29 is 9.15 Å². The topological polar surface area (TPSA) is 22.4 Å². The van der Waals surface area contributed by atoms with Crippen LogP contribution in [0, 0.1) is 0 Å². The number of rotatable bonds is 4. The van der Waals surface area contributed by atoms with Gasteiger partial charge in [0, 0.05) is 22.3 Å². The standard InChI is InChI=1S/C40H30O2/c1-3-11-27(12-4-1)29-15-9-16-30(21-29)33-22-32(28-13-5-2-6-14-28)23-34(24-33)37-20-10-17-31-25-40-36(26-39(31)41-37)35-18-7-8-19-38(35)42-40/h1-9,11-16,18-20,22-26,30H,10,17,21H2. The van der Waals surface area contributed by atoms with Crippen LogP contribution in [-0.4, -0.2) is 0 Å². The molecule has 0 spiro atoms. The van der Waals surface area contributed by atoms with Crippen LogP contribution in [0.2, 0.25) is 0 Å². The van der Waals surface area contributed by atoms with Crippen molar-refractivity contribution in [2.75, 3.05) is 0 Å². The summed E-state index contributed by atoms with van der Waals surface area (Å²) in [4.78, 5) is 0. The van der Waals surface area contributed by atoms with E-state index in [4.69, 9.17) is 9.15 Å². The Labute approximate surface area is 245 Å². The van der Waals surface area contributed by atoms with Crippen LogP contribution >= 0.6 is 0 Å². The molecular weight excluding hydrogens is 512 g/mol. The molecule has 0 fully saturated rings. The van der Waals surface area contributed by atoms with Crippen LogP contribution in [0.25, 0.3) is 44.4 Å². The Hall–Kier alpha value is -5.08. The number of ether oxygens (including phenoxy) is 1. The highest BCUT2D eigenvalue weighted by molar-refractivity contribution is 6.05. The van der Waals surface area contributed by atoms with E-state index in [9.17, 15) is 0 Å². The van der Waals surface area contributed by atoms with Crippen LogP contribution in [0.4, 0.5) is 0 Å². The number of benzene rings is 5. The molecule has 2 nitrogen and oxygen atoms in total. The zero-order valence-electron chi connectivity index (χ0n) is 23.3. The zero-order valence-corrected chi connectivity index (χ0v) is 23.3. The lowest BCUT2D eigenvalue weighted by molar-refractivity contribution is 0.513. The lowest BCUT2D eigenvalue weighted by atomic mass is 9.83. The molecule has 1 aliphatic carbocycles. The van der Waals surface area contributed by atoms with Crippen LogP contribution in [0.15, 0.2) is 144 Å². The van der Waals surface area contributed by atoms with Crippen molar-refractivity contribution in [3.63, 3.8) is 0 Å². The molecule has 0 N–H and O–H groups in total. The lowest BCUT2D eigenvalue weighted by Crippen LogP contribution is -2.03. The van der Waals surface area contributed by atoms with E-state index >= 15 is 0 Å². The van der Waals surface area contributed by atoms with Gasteiger partial charge >= 0.3 is 0 Å². The van der Waals surface area contributed by atoms with Crippen molar-refractivity contribution in [3.8, 4) is 16.9 Å². The Balaban J connectivity index is 1.20. The van der Waals surface area contributed by atoms with Crippen molar-refractivity contribution in [2.24, 2.45) is 0 Å². The molecule has 202 valence electrons. The second kappa shape index (κ2) is 10.4. The molecule has 6 aromatic rings. The van der Waals surface area contributed by atoms with Gasteiger partial charge in [0.1, 0.15) is 22.7 Å². The van der Waals surface area contributed by atoms with Crippen LogP contribution in [-0.2, 0) is 6.42 Å². The predicted molar refractivity (Wildman–Crippen MR) is 173 cm³/mol. The molecule has 1 unspecified atom stereocenters. The molecule has 1 aromatic heterocycles. The number of allylic oxidation sites excluding steroid dienone is 5. The molecule has 0 amide bonds. The summed E-state index contributed by atoms with van der Waals surface area (Å²) >= 11 is 0. The number of hydrogen-bond donors (Lipinski definition) is 0. The highest BCUT2D eigenvalue weighted by atomic mass is 16.5. The van der Waals surface area contributed by atoms with Gasteiger partial charge in [-0.3, -0.25) is 0 Å². The lowest BCUT2D eigenvalue weighted by Gasteiger charge is -2.22. The summed E-state index contributed by atoms with van der Waals surface area (Å²) in [6.45, 7) is 0. The van der Waals surface area contributed by atoms with Crippen molar-refractivity contribution in [1.29, 1.82) is 0 Å². The third kappa shape index (κ3) is 4.55. The molecule has 0 saturated carbocycles. The van der Waals surface area contributed by atoms with Gasteiger partial charge < -0.3 is 9.15 Å². The first-order valence-corrected chi connectivity index (χ1v) is 14.7. The molecule has 0 bridgehead atoms. The van der Waals surface area contributed by atoms with Crippen LogP contribution < -0.4 is 4.74 Å². The second-order valence-electron chi connectivity index (χ2n) is 11.2. The Morgan fingerprint density at radius 3 is 2.24 bits per heavy atom. The fourth-order valence-corrected chi connectivity index (χ4v) is 6.36. The first kappa shape index (κ1) is 24.7. The average molecular weight is 543 g/mol. The Morgan fingerprint density at radius 1 is 0.619 bits per heavy atom. The molecule has 2 heterocycles. The number of aryl methyl sites for hydroxylation is 1. The highest BCUT2D eigenvalue weighted by Gasteiger charge is 2.21. The van der Waals surface area contributed by atoms with Crippen LogP contribution in [0.5, 0.6) is 5.75 Å². The van der Waals surface area contributed by atoms with E-state index in [1.165, 1.54) is 33.4 Å². The molecule has 1 atom stereocenters. The summed E-state index contributed by atoms with van der Waals surface area (Å²) < 4.78 is 13.0. The fourth-order valence-electron chi connectivity index (χ4n) is 6.36. The first-order valence-electron chi connectivity index (χ1n) is 14.7. The SMILES string of the molecule is C1=CC(c2cc(C3=CCCc4cc5oc6ccccc6c5cc4O3)cc(-c3ccccc3)c2)CC(c2ccccc2)=C1. The number of hydrogen-bond acceptors (Lipinski definition) is 2. The smallest absolute Gasteiger partial charge is 0.135 e. The second-order valence-corrected chi connectivity index (χ2v) is 11.2. The molecule has 0 saturated heterocycles. The van der Waals surface area contributed by atoms with Gasteiger partial charge in [0.05, 0.1) is 0 Å². The van der Waals surface area contributed by atoms with Gasteiger partial charge in [0.2, 0.25) is 0 Å². The maximum Gasteiger partial charge on any atom is 0.135 e. The Bertz CT molecular complexity index is 2020. The maximum absolute atomic E-state index is 6.78. The van der Waals surface area contributed by atoms with E-state index in [1.807, 2.05) is 12.1 Å². The van der Waals surface area contributed by atoms with Crippen molar-refractivity contribution in [2.45, 2.75) is 25.2 Å². The average Bonchev–Trinajstić information content (AvgIpc) is 3.28. The monoisotopic (exact) mass is 542 g/mol. The number of fused-ring (bicyclic) bond motifs is 4. The van der Waals surface area contributed by atoms with E-state index < -0.39 is 0 Å². The summed E-state index contributed by atoms with van der Waals surface area (Å²) in [6.07, 6.45) is 11.8. The van der Waals surface area contributed by atoms with Gasteiger partial charge in [-0.2, -0.15) is 0 Å². The van der Waals surface area contributed by atoms with E-state index in [1.54, 1.807) is 0 Å². The normalized spacial score (nSPS) is 16.4. The largest absolute Gasteiger partial charge is 0.457 e. The van der Waals surface area contributed by atoms with Gasteiger partial charge in [-0.05, 0) is 89.1 Å². The summed E-state index contributed by atoms with van der Waals surface area (Å²) in [6, 6.07) is 40.9. The van der Waals surface area contributed by atoms with Gasteiger partial charge in [0.25, 0.3) is 0 Å². The van der Waals surface area contributed by atoms with Gasteiger partial charge in [-0.25, -0.2) is 0 Å². The molecule has 42 heavy (non-hydrogen) atoms. The quantitative estimate of drug-likeness (QED) is 0.221. The third-order valence-electron chi connectivity index (χ3n) is 8.52. The summed E-state index contributed by atoms with van der Waals surface area (Å²) in [5.41, 5.74) is 10.5. The summed E-state index contributed by atoms with van der Waals surface area (Å²) in [5.74, 6) is 2.11. The summed E-state index contributed by atoms with van der Waals surface area (Å²) in [7, 11) is 0. The fraction of sp³-hybridized carbons (Fsp3) is 0.100. The molecule has 5 aromatic carbocycles. The van der Waals surface area contributed by atoms with E-state index in [0.29, 0.717) is 0 Å². The van der Waals surface area contributed by atoms with E-state index in [0.717, 1.165) is 58.3 Å². The minimum atomic E-state index is 0.281. The third-order valence-corrected chi connectivity index (χ3v) is 8.52. The van der Waals surface area contributed by atoms with Crippen molar-refractivity contribution >= 4 is 33.3 Å². The zero-order chi connectivity index (χ0) is 27.9. The minimum Gasteiger partial charge on any atom is -0.457 e.